The minimum Gasteiger partial charge on any atom is -0.348 e. The second-order valence-electron chi connectivity index (χ2n) is 5.64. The SMILES string of the molecule is CCCCC(=O)NC(CN1CCCC1)c1ccccc1. The van der Waals surface area contributed by atoms with Gasteiger partial charge in [-0.2, -0.15) is 0 Å². The molecule has 1 fully saturated rings. The number of hydrogen-bond donors (Lipinski definition) is 1. The van der Waals surface area contributed by atoms with E-state index in [9.17, 15) is 4.79 Å². The lowest BCUT2D eigenvalue weighted by Crippen LogP contribution is -2.36. The van der Waals surface area contributed by atoms with E-state index < -0.39 is 0 Å². The Morgan fingerprint density at radius 1 is 1.25 bits per heavy atom. The molecule has 3 heteroatoms. The van der Waals surface area contributed by atoms with Crippen LogP contribution in [0, 0.1) is 0 Å². The predicted octanol–water partition coefficient (Wildman–Crippen LogP) is 3.13. The largest absolute Gasteiger partial charge is 0.348 e. The summed E-state index contributed by atoms with van der Waals surface area (Å²) in [7, 11) is 0. The third-order valence-electron chi connectivity index (χ3n) is 3.93. The normalized spacial score (nSPS) is 17.1. The average Bonchev–Trinajstić information content (AvgIpc) is 2.98. The number of hydrogen-bond acceptors (Lipinski definition) is 2. The Morgan fingerprint density at radius 2 is 1.95 bits per heavy atom. The van der Waals surface area contributed by atoms with Gasteiger partial charge < -0.3 is 10.2 Å². The van der Waals surface area contributed by atoms with Gasteiger partial charge in [-0.1, -0.05) is 43.7 Å². The van der Waals surface area contributed by atoms with Crippen LogP contribution in [0.5, 0.6) is 0 Å². The van der Waals surface area contributed by atoms with Crippen LogP contribution >= 0.6 is 0 Å². The highest BCUT2D eigenvalue weighted by Crippen LogP contribution is 2.18. The van der Waals surface area contributed by atoms with Gasteiger partial charge in [0, 0.05) is 13.0 Å². The van der Waals surface area contributed by atoms with Crippen molar-refractivity contribution in [2.75, 3.05) is 19.6 Å². The van der Waals surface area contributed by atoms with E-state index in [0.717, 1.165) is 32.5 Å². The van der Waals surface area contributed by atoms with Crippen LogP contribution in [-0.4, -0.2) is 30.4 Å². The molecule has 0 bridgehead atoms. The van der Waals surface area contributed by atoms with Gasteiger partial charge in [-0.05, 0) is 37.9 Å². The van der Waals surface area contributed by atoms with Crippen molar-refractivity contribution < 1.29 is 4.79 Å². The first kappa shape index (κ1) is 15.0. The molecule has 0 aliphatic carbocycles. The molecule has 1 heterocycles. The molecule has 1 aromatic rings. The van der Waals surface area contributed by atoms with Crippen molar-refractivity contribution in [1.29, 1.82) is 0 Å². The van der Waals surface area contributed by atoms with Gasteiger partial charge in [0.1, 0.15) is 0 Å². The standard InChI is InChI=1S/C17H26N2O/c1-2-3-11-17(20)18-16(14-19-12-7-8-13-19)15-9-5-4-6-10-15/h4-6,9-10,16H,2-3,7-8,11-14H2,1H3,(H,18,20). The van der Waals surface area contributed by atoms with Crippen LogP contribution in [0.3, 0.4) is 0 Å². The average molecular weight is 274 g/mol. The van der Waals surface area contributed by atoms with Crippen molar-refractivity contribution in [1.82, 2.24) is 10.2 Å². The van der Waals surface area contributed by atoms with E-state index in [2.05, 4.69) is 29.3 Å². The fourth-order valence-corrected chi connectivity index (χ4v) is 2.75. The molecule has 1 atom stereocenters. The van der Waals surface area contributed by atoms with Gasteiger partial charge in [-0.25, -0.2) is 0 Å². The number of amides is 1. The highest BCUT2D eigenvalue weighted by atomic mass is 16.1. The third-order valence-corrected chi connectivity index (χ3v) is 3.93. The monoisotopic (exact) mass is 274 g/mol. The minimum absolute atomic E-state index is 0.124. The zero-order valence-electron chi connectivity index (χ0n) is 12.5. The summed E-state index contributed by atoms with van der Waals surface area (Å²) >= 11 is 0. The van der Waals surface area contributed by atoms with Crippen molar-refractivity contribution in [2.24, 2.45) is 0 Å². The molecule has 110 valence electrons. The van der Waals surface area contributed by atoms with Gasteiger partial charge in [0.25, 0.3) is 0 Å². The van der Waals surface area contributed by atoms with Crippen LogP contribution in [0.15, 0.2) is 30.3 Å². The fraction of sp³-hybridized carbons (Fsp3) is 0.588. The lowest BCUT2D eigenvalue weighted by atomic mass is 10.1. The summed E-state index contributed by atoms with van der Waals surface area (Å²) < 4.78 is 0. The number of rotatable bonds is 7. The van der Waals surface area contributed by atoms with Gasteiger partial charge >= 0.3 is 0 Å². The molecule has 3 nitrogen and oxygen atoms in total. The Kier molecular flexibility index (Phi) is 6.06. The fourth-order valence-electron chi connectivity index (χ4n) is 2.75. The number of likely N-dealkylation sites (tertiary alicyclic amines) is 1. The molecular weight excluding hydrogens is 248 g/mol. The van der Waals surface area contributed by atoms with E-state index in [0.29, 0.717) is 6.42 Å². The van der Waals surface area contributed by atoms with Crippen LogP contribution in [0.4, 0.5) is 0 Å². The molecule has 1 aliphatic rings. The van der Waals surface area contributed by atoms with Gasteiger partial charge in [-0.15, -0.1) is 0 Å². The van der Waals surface area contributed by atoms with Crippen molar-refractivity contribution in [3.63, 3.8) is 0 Å². The zero-order valence-corrected chi connectivity index (χ0v) is 12.5. The first-order valence-electron chi connectivity index (χ1n) is 7.86. The lowest BCUT2D eigenvalue weighted by molar-refractivity contribution is -0.122. The van der Waals surface area contributed by atoms with E-state index in [1.54, 1.807) is 0 Å². The first-order chi connectivity index (χ1) is 9.79. The topological polar surface area (TPSA) is 32.3 Å². The smallest absolute Gasteiger partial charge is 0.220 e. The summed E-state index contributed by atoms with van der Waals surface area (Å²) in [6.45, 7) is 5.37. The van der Waals surface area contributed by atoms with Crippen molar-refractivity contribution in [3.05, 3.63) is 35.9 Å². The molecule has 1 N–H and O–H groups in total. The highest BCUT2D eigenvalue weighted by molar-refractivity contribution is 5.76. The number of nitrogens with one attached hydrogen (secondary N) is 1. The van der Waals surface area contributed by atoms with Crippen molar-refractivity contribution in [3.8, 4) is 0 Å². The molecular formula is C17H26N2O. The third kappa shape index (κ3) is 4.64. The molecule has 2 rings (SSSR count). The summed E-state index contributed by atoms with van der Waals surface area (Å²) in [5, 5.41) is 3.21. The number of benzene rings is 1. The maximum absolute atomic E-state index is 12.0. The Morgan fingerprint density at radius 3 is 2.60 bits per heavy atom. The van der Waals surface area contributed by atoms with E-state index in [1.807, 2.05) is 18.2 Å². The number of carbonyl (C=O) groups is 1. The van der Waals surface area contributed by atoms with Crippen LogP contribution in [0.2, 0.25) is 0 Å². The predicted molar refractivity (Wildman–Crippen MR) is 82.5 cm³/mol. The second kappa shape index (κ2) is 8.05. The van der Waals surface area contributed by atoms with E-state index in [4.69, 9.17) is 0 Å². The van der Waals surface area contributed by atoms with Crippen LogP contribution in [-0.2, 0) is 4.79 Å². The summed E-state index contributed by atoms with van der Waals surface area (Å²) in [4.78, 5) is 14.5. The Labute approximate surface area is 122 Å². The Balaban J connectivity index is 1.97. The maximum atomic E-state index is 12.0. The second-order valence-corrected chi connectivity index (χ2v) is 5.64. The molecule has 0 spiro atoms. The molecule has 20 heavy (non-hydrogen) atoms. The first-order valence-corrected chi connectivity index (χ1v) is 7.86. The minimum atomic E-state index is 0.124. The van der Waals surface area contributed by atoms with Gasteiger partial charge in [0.2, 0.25) is 5.91 Å². The number of nitrogens with zero attached hydrogens (tertiary/aromatic N) is 1. The van der Waals surface area contributed by atoms with Gasteiger partial charge in [0.15, 0.2) is 0 Å². The van der Waals surface area contributed by atoms with E-state index in [1.165, 1.54) is 18.4 Å². The van der Waals surface area contributed by atoms with Crippen LogP contribution in [0.1, 0.15) is 50.6 Å². The number of carbonyl (C=O) groups excluding carboxylic acids is 1. The molecule has 1 unspecified atom stereocenters. The van der Waals surface area contributed by atoms with Gasteiger partial charge in [-0.3, -0.25) is 4.79 Å². The maximum Gasteiger partial charge on any atom is 0.220 e. The van der Waals surface area contributed by atoms with E-state index in [-0.39, 0.29) is 11.9 Å². The van der Waals surface area contributed by atoms with Crippen LogP contribution in [0.25, 0.3) is 0 Å². The lowest BCUT2D eigenvalue weighted by Gasteiger charge is -2.25. The highest BCUT2D eigenvalue weighted by Gasteiger charge is 2.20. The quantitative estimate of drug-likeness (QED) is 0.828. The van der Waals surface area contributed by atoms with Crippen LogP contribution < -0.4 is 5.32 Å². The molecule has 1 amide bonds. The van der Waals surface area contributed by atoms with Gasteiger partial charge in [0.05, 0.1) is 6.04 Å². The summed E-state index contributed by atoms with van der Waals surface area (Å²) in [6, 6.07) is 10.5. The molecule has 1 aromatic carbocycles. The molecule has 1 aliphatic heterocycles. The Hall–Kier alpha value is -1.35. The van der Waals surface area contributed by atoms with E-state index >= 15 is 0 Å². The summed E-state index contributed by atoms with van der Waals surface area (Å²) in [5.74, 6) is 0.180. The van der Waals surface area contributed by atoms with Crippen molar-refractivity contribution in [2.45, 2.75) is 45.1 Å². The summed E-state index contributed by atoms with van der Waals surface area (Å²) in [6.07, 6.45) is 5.24. The van der Waals surface area contributed by atoms with Crippen molar-refractivity contribution >= 4 is 5.91 Å². The number of unbranched alkanes of at least 4 members (excludes halogenated alkanes) is 1. The molecule has 1 saturated heterocycles. The Bertz CT molecular complexity index is 399. The molecule has 0 saturated carbocycles. The summed E-state index contributed by atoms with van der Waals surface area (Å²) in [5.41, 5.74) is 1.21. The molecule has 0 radical (unpaired) electrons. The zero-order chi connectivity index (χ0) is 14.2. The molecule has 0 aromatic heterocycles.